The molecule has 2 amide bonds. The zero-order valence-corrected chi connectivity index (χ0v) is 15.2. The molecule has 2 rings (SSSR count). The van der Waals surface area contributed by atoms with Crippen molar-refractivity contribution < 1.29 is 9.90 Å². The molecule has 2 N–H and O–H groups in total. The molecule has 0 spiro atoms. The zero-order valence-electron chi connectivity index (χ0n) is 15.2. The van der Waals surface area contributed by atoms with E-state index in [9.17, 15) is 9.90 Å². The molecule has 24 heavy (non-hydrogen) atoms. The molecular weight excluding hydrogens is 304 g/mol. The van der Waals surface area contributed by atoms with Crippen LogP contribution in [0.3, 0.4) is 0 Å². The largest absolute Gasteiger partial charge is 0.390 e. The number of likely N-dealkylation sites (N-methyl/N-ethyl adjacent to an activating group) is 2. The summed E-state index contributed by atoms with van der Waals surface area (Å²) in [6, 6.07) is 5.65. The van der Waals surface area contributed by atoms with Gasteiger partial charge in [0, 0.05) is 52.0 Å². The summed E-state index contributed by atoms with van der Waals surface area (Å²) in [5.41, 5.74) is 3.12. The highest BCUT2D eigenvalue weighted by atomic mass is 16.3. The molecule has 134 valence electrons. The summed E-state index contributed by atoms with van der Waals surface area (Å²) in [6.45, 7) is 8.97. The fourth-order valence-corrected chi connectivity index (χ4v) is 2.82. The number of nitrogens with one attached hydrogen (secondary N) is 1. The van der Waals surface area contributed by atoms with Crippen LogP contribution >= 0.6 is 0 Å². The van der Waals surface area contributed by atoms with Crippen molar-refractivity contribution in [1.29, 1.82) is 0 Å². The van der Waals surface area contributed by atoms with Crippen molar-refractivity contribution in [2.75, 3.05) is 58.7 Å². The molecule has 1 saturated heterocycles. The number of amides is 2. The molecule has 0 bridgehead atoms. The number of aliphatic hydroxyl groups is 1. The van der Waals surface area contributed by atoms with Gasteiger partial charge in [-0.3, -0.25) is 4.90 Å². The van der Waals surface area contributed by atoms with E-state index in [1.807, 2.05) is 32.0 Å². The molecule has 6 heteroatoms. The van der Waals surface area contributed by atoms with Crippen molar-refractivity contribution in [3.05, 3.63) is 29.3 Å². The lowest BCUT2D eigenvalue weighted by Crippen LogP contribution is -2.49. The molecule has 1 aromatic rings. The molecule has 0 aliphatic carbocycles. The zero-order chi connectivity index (χ0) is 17.7. The Hall–Kier alpha value is -1.63. The Morgan fingerprint density at radius 2 is 1.92 bits per heavy atom. The Labute approximate surface area is 145 Å². The lowest BCUT2D eigenvalue weighted by atomic mass is 10.1. The Balaban J connectivity index is 1.78. The SMILES string of the molecule is Cc1ccc(NC(=O)N(C)C[C@H](O)CN2CCN(C)CC2)cc1C. The second-order valence-corrected chi connectivity index (χ2v) is 6.87. The molecule has 0 unspecified atom stereocenters. The van der Waals surface area contributed by atoms with Crippen LogP contribution in [-0.4, -0.2) is 85.3 Å². The molecule has 1 aliphatic rings. The summed E-state index contributed by atoms with van der Waals surface area (Å²) in [5, 5.41) is 13.1. The van der Waals surface area contributed by atoms with E-state index >= 15 is 0 Å². The standard InChI is InChI=1S/C18H30N4O2/c1-14-5-6-16(11-15(14)2)19-18(24)21(4)12-17(23)13-22-9-7-20(3)8-10-22/h5-6,11,17,23H,7-10,12-13H2,1-4H3,(H,19,24)/t17-/m0/s1. The van der Waals surface area contributed by atoms with E-state index in [4.69, 9.17) is 0 Å². The highest BCUT2D eigenvalue weighted by Gasteiger charge is 2.19. The number of aryl methyl sites for hydroxylation is 2. The topological polar surface area (TPSA) is 59.1 Å². The first-order valence-corrected chi connectivity index (χ1v) is 8.53. The Morgan fingerprint density at radius 3 is 2.54 bits per heavy atom. The molecule has 0 aromatic heterocycles. The minimum atomic E-state index is -0.538. The molecule has 0 radical (unpaired) electrons. The van der Waals surface area contributed by atoms with Crippen molar-refractivity contribution in [3.8, 4) is 0 Å². The van der Waals surface area contributed by atoms with E-state index in [0.29, 0.717) is 13.1 Å². The van der Waals surface area contributed by atoms with Gasteiger partial charge in [-0.05, 0) is 44.2 Å². The van der Waals surface area contributed by atoms with Crippen LogP contribution < -0.4 is 5.32 Å². The van der Waals surface area contributed by atoms with Crippen LogP contribution in [0.15, 0.2) is 18.2 Å². The molecule has 1 aromatic carbocycles. The highest BCUT2D eigenvalue weighted by molar-refractivity contribution is 5.89. The number of carbonyl (C=O) groups excluding carboxylic acids is 1. The molecule has 0 saturated carbocycles. The van der Waals surface area contributed by atoms with Gasteiger partial charge in [0.15, 0.2) is 0 Å². The van der Waals surface area contributed by atoms with E-state index in [1.54, 1.807) is 7.05 Å². The maximum atomic E-state index is 12.3. The van der Waals surface area contributed by atoms with E-state index < -0.39 is 6.10 Å². The van der Waals surface area contributed by atoms with Gasteiger partial charge >= 0.3 is 6.03 Å². The van der Waals surface area contributed by atoms with Crippen LogP contribution in [0.25, 0.3) is 0 Å². The first-order chi connectivity index (χ1) is 11.3. The maximum Gasteiger partial charge on any atom is 0.321 e. The summed E-state index contributed by atoms with van der Waals surface area (Å²) in [7, 11) is 3.82. The van der Waals surface area contributed by atoms with Crippen molar-refractivity contribution in [2.24, 2.45) is 0 Å². The van der Waals surface area contributed by atoms with Crippen LogP contribution in [0, 0.1) is 13.8 Å². The van der Waals surface area contributed by atoms with Gasteiger partial charge in [0.1, 0.15) is 0 Å². The lowest BCUT2D eigenvalue weighted by Gasteiger charge is -2.34. The summed E-state index contributed by atoms with van der Waals surface area (Å²) in [6.07, 6.45) is -0.538. The first-order valence-electron chi connectivity index (χ1n) is 8.53. The number of β-amino-alcohol motifs (C(OH)–C–C–N with tert-alkyl or cyclic N) is 1. The van der Waals surface area contributed by atoms with Gasteiger partial charge < -0.3 is 20.2 Å². The van der Waals surface area contributed by atoms with Crippen LogP contribution in [-0.2, 0) is 0 Å². The first kappa shape index (κ1) is 18.7. The maximum absolute atomic E-state index is 12.3. The number of carbonyl (C=O) groups is 1. The minimum Gasteiger partial charge on any atom is -0.390 e. The number of rotatable bonds is 5. The number of benzene rings is 1. The minimum absolute atomic E-state index is 0.198. The summed E-state index contributed by atoms with van der Waals surface area (Å²) < 4.78 is 0. The number of urea groups is 1. The van der Waals surface area contributed by atoms with Gasteiger partial charge in [-0.2, -0.15) is 0 Å². The molecular formula is C18H30N4O2. The second-order valence-electron chi connectivity index (χ2n) is 6.87. The highest BCUT2D eigenvalue weighted by Crippen LogP contribution is 2.14. The van der Waals surface area contributed by atoms with Crippen LogP contribution in [0.1, 0.15) is 11.1 Å². The predicted octanol–water partition coefficient (Wildman–Crippen LogP) is 1.38. The van der Waals surface area contributed by atoms with Crippen molar-refractivity contribution in [2.45, 2.75) is 20.0 Å². The van der Waals surface area contributed by atoms with E-state index in [-0.39, 0.29) is 6.03 Å². The number of hydrogen-bond acceptors (Lipinski definition) is 4. The van der Waals surface area contributed by atoms with Crippen LogP contribution in [0.2, 0.25) is 0 Å². The van der Waals surface area contributed by atoms with Gasteiger partial charge in [0.2, 0.25) is 0 Å². The molecule has 1 atom stereocenters. The monoisotopic (exact) mass is 334 g/mol. The number of hydrogen-bond donors (Lipinski definition) is 2. The predicted molar refractivity (Wildman–Crippen MR) is 97.5 cm³/mol. The van der Waals surface area contributed by atoms with Gasteiger partial charge in [-0.25, -0.2) is 4.79 Å². The number of piperazine rings is 1. The fraction of sp³-hybridized carbons (Fsp3) is 0.611. The van der Waals surface area contributed by atoms with Gasteiger partial charge in [-0.1, -0.05) is 6.07 Å². The van der Waals surface area contributed by atoms with Gasteiger partial charge in [0.05, 0.1) is 6.10 Å². The van der Waals surface area contributed by atoms with Crippen molar-refractivity contribution in [3.63, 3.8) is 0 Å². The van der Waals surface area contributed by atoms with Crippen LogP contribution in [0.4, 0.5) is 10.5 Å². The second kappa shape index (κ2) is 8.46. The summed E-state index contributed by atoms with van der Waals surface area (Å²) in [4.78, 5) is 18.3. The van der Waals surface area contributed by atoms with Crippen molar-refractivity contribution in [1.82, 2.24) is 14.7 Å². The third-order valence-corrected chi connectivity index (χ3v) is 4.65. The van der Waals surface area contributed by atoms with Crippen LogP contribution in [0.5, 0.6) is 0 Å². The number of nitrogens with zero attached hydrogens (tertiary/aromatic N) is 3. The Morgan fingerprint density at radius 1 is 1.25 bits per heavy atom. The van der Waals surface area contributed by atoms with Crippen molar-refractivity contribution >= 4 is 11.7 Å². The molecule has 1 fully saturated rings. The molecule has 6 nitrogen and oxygen atoms in total. The van der Waals surface area contributed by atoms with Gasteiger partial charge in [0.25, 0.3) is 0 Å². The molecule has 1 aliphatic heterocycles. The normalized spacial score (nSPS) is 17.5. The third-order valence-electron chi connectivity index (χ3n) is 4.65. The lowest BCUT2D eigenvalue weighted by molar-refractivity contribution is 0.0670. The number of aliphatic hydroxyl groups excluding tert-OH is 1. The average molecular weight is 334 g/mol. The van der Waals surface area contributed by atoms with E-state index in [0.717, 1.165) is 37.4 Å². The van der Waals surface area contributed by atoms with Gasteiger partial charge in [-0.15, -0.1) is 0 Å². The van der Waals surface area contributed by atoms with E-state index in [1.165, 1.54) is 10.5 Å². The summed E-state index contributed by atoms with van der Waals surface area (Å²) in [5.74, 6) is 0. The number of anilines is 1. The average Bonchev–Trinajstić information content (AvgIpc) is 2.53. The Bertz CT molecular complexity index is 556. The third kappa shape index (κ3) is 5.47. The summed E-state index contributed by atoms with van der Waals surface area (Å²) >= 11 is 0. The molecule has 1 heterocycles. The van der Waals surface area contributed by atoms with E-state index in [2.05, 4.69) is 22.2 Å². The smallest absolute Gasteiger partial charge is 0.321 e. The Kier molecular flexibility index (Phi) is 6.60. The fourth-order valence-electron chi connectivity index (χ4n) is 2.82. The quantitative estimate of drug-likeness (QED) is 0.854.